The number of benzene rings is 1. The maximum Gasteiger partial charge on any atom is 0.147 e. The molecule has 1 aliphatic heterocycles. The van der Waals surface area contributed by atoms with E-state index in [0.717, 1.165) is 31.3 Å². The van der Waals surface area contributed by atoms with Crippen LogP contribution in [0.1, 0.15) is 37.0 Å². The van der Waals surface area contributed by atoms with Crippen LogP contribution in [0.5, 0.6) is 0 Å². The van der Waals surface area contributed by atoms with Crippen molar-refractivity contribution < 1.29 is 0 Å². The molecule has 0 N–H and O–H groups in total. The van der Waals surface area contributed by atoms with E-state index in [9.17, 15) is 0 Å². The summed E-state index contributed by atoms with van der Waals surface area (Å²) in [5, 5.41) is 4.35. The molecule has 2 heterocycles. The first-order valence-electron chi connectivity index (χ1n) is 7.59. The van der Waals surface area contributed by atoms with E-state index >= 15 is 0 Å². The highest BCUT2D eigenvalue weighted by molar-refractivity contribution is 5.24. The number of nitrogens with zero attached hydrogens (tertiary/aromatic N) is 4. The van der Waals surface area contributed by atoms with Crippen LogP contribution in [-0.2, 0) is 13.6 Å². The zero-order valence-corrected chi connectivity index (χ0v) is 13.4. The van der Waals surface area contributed by atoms with E-state index in [0.29, 0.717) is 5.92 Å². The van der Waals surface area contributed by atoms with Crippen LogP contribution in [0.4, 0.5) is 0 Å². The molecule has 4 nitrogen and oxygen atoms in total. The van der Waals surface area contributed by atoms with Gasteiger partial charge in [0.2, 0.25) is 0 Å². The maximum atomic E-state index is 4.53. The summed E-state index contributed by atoms with van der Waals surface area (Å²) < 4.78 is 1.90. The van der Waals surface area contributed by atoms with Gasteiger partial charge in [0, 0.05) is 26.1 Å². The topological polar surface area (TPSA) is 34.0 Å². The van der Waals surface area contributed by atoms with Gasteiger partial charge in [0.25, 0.3) is 0 Å². The van der Waals surface area contributed by atoms with Crippen molar-refractivity contribution in [3.63, 3.8) is 0 Å². The van der Waals surface area contributed by atoms with Gasteiger partial charge in [0.1, 0.15) is 11.6 Å². The average Bonchev–Trinajstić information content (AvgIpc) is 2.90. The number of aromatic nitrogens is 3. The lowest BCUT2D eigenvalue weighted by atomic mass is 9.78. The van der Waals surface area contributed by atoms with Gasteiger partial charge in [-0.2, -0.15) is 5.10 Å². The molecule has 1 aliphatic rings. The number of hydrogen-bond donors (Lipinski definition) is 0. The first kappa shape index (κ1) is 14.3. The summed E-state index contributed by atoms with van der Waals surface area (Å²) in [6.45, 7) is 9.74. The summed E-state index contributed by atoms with van der Waals surface area (Å²) in [5.41, 5.74) is 1.73. The zero-order chi connectivity index (χ0) is 15.0. The first-order chi connectivity index (χ1) is 9.95. The molecule has 1 fully saturated rings. The summed E-state index contributed by atoms with van der Waals surface area (Å²) in [7, 11) is 1.98. The van der Waals surface area contributed by atoms with Crippen LogP contribution < -0.4 is 0 Å². The predicted octanol–water partition coefficient (Wildman–Crippen LogP) is 2.75. The van der Waals surface area contributed by atoms with Gasteiger partial charge in [0.15, 0.2) is 0 Å². The molecule has 0 aliphatic carbocycles. The number of likely N-dealkylation sites (tertiary alicyclic amines) is 1. The van der Waals surface area contributed by atoms with Crippen molar-refractivity contribution in [3.8, 4) is 0 Å². The third kappa shape index (κ3) is 2.86. The summed E-state index contributed by atoms with van der Waals surface area (Å²) in [5.74, 6) is 2.48. The first-order valence-corrected chi connectivity index (χ1v) is 7.59. The van der Waals surface area contributed by atoms with E-state index in [1.807, 2.05) is 18.7 Å². The van der Waals surface area contributed by atoms with E-state index in [1.165, 1.54) is 5.56 Å². The molecule has 3 rings (SSSR count). The SMILES string of the molecule is Cc1nc(CN2C[C@@H](c3ccccc3)C(C)(C)C2)n(C)n1. The second-order valence-electron chi connectivity index (χ2n) is 6.82. The maximum absolute atomic E-state index is 4.53. The Morgan fingerprint density at radius 3 is 2.57 bits per heavy atom. The van der Waals surface area contributed by atoms with Crippen LogP contribution in [-0.4, -0.2) is 32.8 Å². The molecule has 21 heavy (non-hydrogen) atoms. The third-order valence-corrected chi connectivity index (χ3v) is 4.54. The molecule has 1 saturated heterocycles. The monoisotopic (exact) mass is 284 g/mol. The van der Waals surface area contributed by atoms with Crippen molar-refractivity contribution in [3.05, 3.63) is 47.5 Å². The third-order valence-electron chi connectivity index (χ3n) is 4.54. The average molecular weight is 284 g/mol. The lowest BCUT2D eigenvalue weighted by molar-refractivity contribution is 0.273. The van der Waals surface area contributed by atoms with Crippen molar-refractivity contribution >= 4 is 0 Å². The Bertz CT molecular complexity index is 615. The minimum Gasteiger partial charge on any atom is -0.295 e. The summed E-state index contributed by atoms with van der Waals surface area (Å²) in [4.78, 5) is 7.03. The molecule has 0 bridgehead atoms. The molecule has 112 valence electrons. The van der Waals surface area contributed by atoms with E-state index in [-0.39, 0.29) is 5.41 Å². The van der Waals surface area contributed by atoms with Crippen LogP contribution in [0.3, 0.4) is 0 Å². The molecule has 4 heteroatoms. The predicted molar refractivity (Wildman–Crippen MR) is 84.0 cm³/mol. The quantitative estimate of drug-likeness (QED) is 0.869. The fourth-order valence-corrected chi connectivity index (χ4v) is 3.51. The van der Waals surface area contributed by atoms with Crippen LogP contribution in [0.2, 0.25) is 0 Å². The zero-order valence-electron chi connectivity index (χ0n) is 13.4. The molecule has 0 radical (unpaired) electrons. The highest BCUT2D eigenvalue weighted by Crippen LogP contribution is 2.42. The molecule has 1 atom stereocenters. The molecule has 0 saturated carbocycles. The molecule has 0 amide bonds. The highest BCUT2D eigenvalue weighted by atomic mass is 15.3. The second kappa shape index (κ2) is 5.26. The molecule has 0 spiro atoms. The smallest absolute Gasteiger partial charge is 0.147 e. The fraction of sp³-hybridized carbons (Fsp3) is 0.529. The van der Waals surface area contributed by atoms with Gasteiger partial charge in [-0.15, -0.1) is 0 Å². The number of hydrogen-bond acceptors (Lipinski definition) is 3. The van der Waals surface area contributed by atoms with Crippen molar-refractivity contribution in [2.24, 2.45) is 12.5 Å². The molecule has 1 aromatic heterocycles. The molecular weight excluding hydrogens is 260 g/mol. The van der Waals surface area contributed by atoms with Crippen LogP contribution in [0.25, 0.3) is 0 Å². The fourth-order valence-electron chi connectivity index (χ4n) is 3.51. The van der Waals surface area contributed by atoms with E-state index in [4.69, 9.17) is 0 Å². The minimum atomic E-state index is 0.287. The Morgan fingerprint density at radius 2 is 1.95 bits per heavy atom. The Kier molecular flexibility index (Phi) is 3.57. The van der Waals surface area contributed by atoms with Gasteiger partial charge in [0.05, 0.1) is 6.54 Å². The molecular formula is C17H24N4. The van der Waals surface area contributed by atoms with E-state index < -0.39 is 0 Å². The Labute approximate surface area is 126 Å². The number of rotatable bonds is 3. The van der Waals surface area contributed by atoms with Crippen molar-refractivity contribution in [1.82, 2.24) is 19.7 Å². The van der Waals surface area contributed by atoms with Gasteiger partial charge in [-0.25, -0.2) is 4.98 Å². The van der Waals surface area contributed by atoms with Gasteiger partial charge in [-0.3, -0.25) is 9.58 Å². The number of aryl methyl sites for hydroxylation is 2. The Balaban J connectivity index is 1.77. The van der Waals surface area contributed by atoms with E-state index in [1.54, 1.807) is 0 Å². The van der Waals surface area contributed by atoms with Gasteiger partial charge >= 0.3 is 0 Å². The lowest BCUT2D eigenvalue weighted by Gasteiger charge is -2.26. The van der Waals surface area contributed by atoms with Crippen LogP contribution >= 0.6 is 0 Å². The Hall–Kier alpha value is -1.68. The summed E-state index contributed by atoms with van der Waals surface area (Å²) >= 11 is 0. The molecule has 0 unspecified atom stereocenters. The van der Waals surface area contributed by atoms with Gasteiger partial charge in [-0.05, 0) is 17.9 Å². The van der Waals surface area contributed by atoms with Crippen molar-refractivity contribution in [2.75, 3.05) is 13.1 Å². The largest absolute Gasteiger partial charge is 0.295 e. The van der Waals surface area contributed by atoms with Gasteiger partial charge in [-0.1, -0.05) is 44.2 Å². The summed E-state index contributed by atoms with van der Waals surface area (Å²) in [6.07, 6.45) is 0. The van der Waals surface area contributed by atoms with Crippen LogP contribution in [0.15, 0.2) is 30.3 Å². The van der Waals surface area contributed by atoms with Crippen molar-refractivity contribution in [1.29, 1.82) is 0 Å². The minimum absolute atomic E-state index is 0.287. The second-order valence-corrected chi connectivity index (χ2v) is 6.82. The molecule has 2 aromatic rings. The van der Waals surface area contributed by atoms with Gasteiger partial charge < -0.3 is 0 Å². The normalized spacial score (nSPS) is 21.8. The highest BCUT2D eigenvalue weighted by Gasteiger charge is 2.40. The summed E-state index contributed by atoms with van der Waals surface area (Å²) in [6, 6.07) is 10.9. The molecule has 1 aromatic carbocycles. The van der Waals surface area contributed by atoms with Crippen LogP contribution in [0, 0.1) is 12.3 Å². The standard InChI is InChI=1S/C17H24N4/c1-13-18-16(20(4)19-13)11-21-10-15(17(2,3)12-21)14-8-6-5-7-9-14/h5-9,15H,10-12H2,1-4H3/t15-/m0/s1. The lowest BCUT2D eigenvalue weighted by Crippen LogP contribution is -2.24. The Morgan fingerprint density at radius 1 is 1.24 bits per heavy atom. The van der Waals surface area contributed by atoms with Crippen molar-refractivity contribution in [2.45, 2.75) is 33.2 Å². The van der Waals surface area contributed by atoms with E-state index in [2.05, 4.69) is 59.2 Å².